The van der Waals surface area contributed by atoms with Crippen LogP contribution < -0.4 is 16.4 Å². The van der Waals surface area contributed by atoms with Gasteiger partial charge in [-0.15, -0.1) is 0 Å². The highest BCUT2D eigenvalue weighted by Crippen LogP contribution is 2.18. The van der Waals surface area contributed by atoms with E-state index in [1.54, 1.807) is 0 Å². The zero-order valence-electron chi connectivity index (χ0n) is 9.40. The van der Waals surface area contributed by atoms with Crippen molar-refractivity contribution in [3.05, 3.63) is 36.1 Å². The fraction of sp³-hybridized carbons (Fsp3) is 0.250. The predicted octanol–water partition coefficient (Wildman–Crippen LogP) is 1.19. The number of nitrogens with one attached hydrogen (secondary N) is 2. The second kappa shape index (κ2) is 5.36. The Labute approximate surface area is 99.0 Å². The van der Waals surface area contributed by atoms with Crippen molar-refractivity contribution in [2.24, 2.45) is 5.73 Å². The minimum absolute atomic E-state index is 0.504. The van der Waals surface area contributed by atoms with Gasteiger partial charge in [-0.2, -0.15) is 0 Å². The maximum absolute atomic E-state index is 10.4. The van der Waals surface area contributed by atoms with Crippen LogP contribution in [0.15, 0.2) is 34.7 Å². The van der Waals surface area contributed by atoms with Crippen molar-refractivity contribution in [1.29, 1.82) is 0 Å². The molecule has 0 radical (unpaired) electrons. The Morgan fingerprint density at radius 3 is 2.88 bits per heavy atom. The van der Waals surface area contributed by atoms with Gasteiger partial charge in [0.1, 0.15) is 11.3 Å². The van der Waals surface area contributed by atoms with Gasteiger partial charge < -0.3 is 20.8 Å². The highest BCUT2D eigenvalue weighted by Gasteiger charge is 2.01. The normalized spacial score (nSPS) is 10.6. The SMILES string of the molecule is NC(=O)NCCNCc1cc2ccccc2o1. The number of urea groups is 1. The Bertz CT molecular complexity index is 474. The van der Waals surface area contributed by atoms with Gasteiger partial charge in [0.05, 0.1) is 6.54 Å². The molecule has 0 fully saturated rings. The van der Waals surface area contributed by atoms with Crippen LogP contribution in [0.4, 0.5) is 4.79 Å². The van der Waals surface area contributed by atoms with Crippen LogP contribution in [0, 0.1) is 0 Å². The van der Waals surface area contributed by atoms with Crippen LogP contribution in [-0.2, 0) is 6.54 Å². The molecule has 1 heterocycles. The lowest BCUT2D eigenvalue weighted by Gasteiger charge is -2.02. The van der Waals surface area contributed by atoms with E-state index in [1.165, 1.54) is 0 Å². The largest absolute Gasteiger partial charge is 0.460 e. The lowest BCUT2D eigenvalue weighted by atomic mass is 10.2. The van der Waals surface area contributed by atoms with Gasteiger partial charge in [0.15, 0.2) is 0 Å². The second-order valence-electron chi connectivity index (χ2n) is 3.72. The summed E-state index contributed by atoms with van der Waals surface area (Å²) in [5.74, 6) is 0.880. The van der Waals surface area contributed by atoms with Gasteiger partial charge in [-0.25, -0.2) is 4.79 Å². The topological polar surface area (TPSA) is 80.3 Å². The monoisotopic (exact) mass is 233 g/mol. The zero-order chi connectivity index (χ0) is 12.1. The van der Waals surface area contributed by atoms with Crippen LogP contribution in [-0.4, -0.2) is 19.1 Å². The molecule has 2 aromatic rings. The van der Waals surface area contributed by atoms with Crippen LogP contribution in [0.3, 0.4) is 0 Å². The maximum Gasteiger partial charge on any atom is 0.312 e. The Balaban J connectivity index is 1.81. The van der Waals surface area contributed by atoms with Crippen LogP contribution in [0.5, 0.6) is 0 Å². The summed E-state index contributed by atoms with van der Waals surface area (Å²) in [6.45, 7) is 1.80. The van der Waals surface area contributed by atoms with Gasteiger partial charge in [0.2, 0.25) is 0 Å². The van der Waals surface area contributed by atoms with Crippen molar-refractivity contribution in [3.8, 4) is 0 Å². The van der Waals surface area contributed by atoms with E-state index in [9.17, 15) is 4.79 Å². The molecule has 0 spiro atoms. The number of nitrogens with two attached hydrogens (primary N) is 1. The molecule has 90 valence electrons. The number of para-hydroxylation sites is 1. The van der Waals surface area contributed by atoms with Gasteiger partial charge in [0, 0.05) is 18.5 Å². The molecule has 0 saturated carbocycles. The zero-order valence-corrected chi connectivity index (χ0v) is 9.40. The fourth-order valence-corrected chi connectivity index (χ4v) is 1.61. The molecular weight excluding hydrogens is 218 g/mol. The lowest BCUT2D eigenvalue weighted by Crippen LogP contribution is -2.35. The average molecular weight is 233 g/mol. The number of rotatable bonds is 5. The molecule has 0 aliphatic carbocycles. The number of carbonyl (C=O) groups excluding carboxylic acids is 1. The molecule has 2 rings (SSSR count). The van der Waals surface area contributed by atoms with Crippen molar-refractivity contribution in [2.45, 2.75) is 6.54 Å². The van der Waals surface area contributed by atoms with E-state index in [-0.39, 0.29) is 0 Å². The van der Waals surface area contributed by atoms with Crippen molar-refractivity contribution in [1.82, 2.24) is 10.6 Å². The molecule has 17 heavy (non-hydrogen) atoms. The van der Waals surface area contributed by atoms with Crippen molar-refractivity contribution in [3.63, 3.8) is 0 Å². The van der Waals surface area contributed by atoms with E-state index >= 15 is 0 Å². The summed E-state index contributed by atoms with van der Waals surface area (Å²) in [5, 5.41) is 6.75. The number of fused-ring (bicyclic) bond motifs is 1. The fourth-order valence-electron chi connectivity index (χ4n) is 1.61. The van der Waals surface area contributed by atoms with E-state index in [0.717, 1.165) is 16.7 Å². The molecule has 5 heteroatoms. The van der Waals surface area contributed by atoms with E-state index in [1.807, 2.05) is 30.3 Å². The summed E-state index contributed by atoms with van der Waals surface area (Å²) in [7, 11) is 0. The molecule has 0 saturated heterocycles. The van der Waals surface area contributed by atoms with Gasteiger partial charge in [-0.3, -0.25) is 0 Å². The highest BCUT2D eigenvalue weighted by atomic mass is 16.3. The molecule has 1 aromatic heterocycles. The molecule has 0 atom stereocenters. The van der Waals surface area contributed by atoms with Crippen LogP contribution in [0.25, 0.3) is 11.0 Å². The summed E-state index contributed by atoms with van der Waals surface area (Å²) < 4.78 is 5.62. The molecule has 0 unspecified atom stereocenters. The first-order valence-corrected chi connectivity index (χ1v) is 5.47. The number of primary amides is 1. The summed E-state index contributed by atoms with van der Waals surface area (Å²) in [4.78, 5) is 10.4. The smallest absolute Gasteiger partial charge is 0.312 e. The standard InChI is InChI=1S/C12H15N3O2/c13-12(16)15-6-5-14-8-10-7-9-3-1-2-4-11(9)17-10/h1-4,7,14H,5-6,8H2,(H3,13,15,16). The van der Waals surface area contributed by atoms with Gasteiger partial charge in [-0.05, 0) is 12.1 Å². The summed E-state index contributed by atoms with van der Waals surface area (Å²) in [5.41, 5.74) is 5.83. The van der Waals surface area contributed by atoms with E-state index in [4.69, 9.17) is 10.2 Å². The Morgan fingerprint density at radius 1 is 1.29 bits per heavy atom. The quantitative estimate of drug-likeness (QED) is 0.678. The number of amides is 2. The van der Waals surface area contributed by atoms with Crippen molar-refractivity contribution in [2.75, 3.05) is 13.1 Å². The molecule has 2 amide bonds. The molecule has 4 N–H and O–H groups in total. The molecule has 0 aliphatic heterocycles. The number of benzene rings is 1. The predicted molar refractivity (Wildman–Crippen MR) is 65.5 cm³/mol. The molecule has 0 aliphatic rings. The lowest BCUT2D eigenvalue weighted by molar-refractivity contribution is 0.249. The van der Waals surface area contributed by atoms with Crippen LogP contribution in [0.2, 0.25) is 0 Å². The second-order valence-corrected chi connectivity index (χ2v) is 3.72. The van der Waals surface area contributed by atoms with Crippen molar-refractivity contribution < 1.29 is 9.21 Å². The third-order valence-corrected chi connectivity index (χ3v) is 2.38. The first-order chi connectivity index (χ1) is 8.25. The van der Waals surface area contributed by atoms with E-state index < -0.39 is 6.03 Å². The first kappa shape index (κ1) is 11.5. The molecule has 1 aromatic carbocycles. The average Bonchev–Trinajstić information content (AvgIpc) is 2.70. The van der Waals surface area contributed by atoms with E-state index in [0.29, 0.717) is 19.6 Å². The first-order valence-electron chi connectivity index (χ1n) is 5.47. The van der Waals surface area contributed by atoms with Crippen molar-refractivity contribution >= 4 is 17.0 Å². The number of hydrogen-bond donors (Lipinski definition) is 3. The third kappa shape index (κ3) is 3.22. The summed E-state index contributed by atoms with van der Waals surface area (Å²) >= 11 is 0. The highest BCUT2D eigenvalue weighted by molar-refractivity contribution is 5.77. The van der Waals surface area contributed by atoms with Gasteiger partial charge in [-0.1, -0.05) is 18.2 Å². The van der Waals surface area contributed by atoms with E-state index in [2.05, 4.69) is 10.6 Å². The molecule has 5 nitrogen and oxygen atoms in total. The minimum atomic E-state index is -0.504. The third-order valence-electron chi connectivity index (χ3n) is 2.38. The number of hydrogen-bond acceptors (Lipinski definition) is 3. The number of carbonyl (C=O) groups is 1. The number of furan rings is 1. The molecular formula is C12H15N3O2. The van der Waals surface area contributed by atoms with Gasteiger partial charge in [0.25, 0.3) is 0 Å². The summed E-state index contributed by atoms with van der Waals surface area (Å²) in [6, 6.07) is 9.37. The van der Waals surface area contributed by atoms with Crippen LogP contribution in [0.1, 0.15) is 5.76 Å². The molecule has 0 bridgehead atoms. The van der Waals surface area contributed by atoms with Crippen LogP contribution >= 0.6 is 0 Å². The Kier molecular flexibility index (Phi) is 3.62. The Morgan fingerprint density at radius 2 is 2.12 bits per heavy atom. The summed E-state index contributed by atoms with van der Waals surface area (Å²) in [6.07, 6.45) is 0. The van der Waals surface area contributed by atoms with Gasteiger partial charge >= 0.3 is 6.03 Å². The Hall–Kier alpha value is -2.01. The minimum Gasteiger partial charge on any atom is -0.460 e. The maximum atomic E-state index is 10.4.